The zero-order valence-corrected chi connectivity index (χ0v) is 10.3. The fourth-order valence-corrected chi connectivity index (χ4v) is 3.36. The molecule has 2 heterocycles. The average Bonchev–Trinajstić information content (AvgIpc) is 2.85. The van der Waals surface area contributed by atoms with Crippen LogP contribution in [0.1, 0.15) is 16.5 Å². The number of rotatable bonds is 4. The van der Waals surface area contributed by atoms with Gasteiger partial charge in [0.2, 0.25) is 0 Å². The van der Waals surface area contributed by atoms with Crippen molar-refractivity contribution in [1.82, 2.24) is 5.43 Å². The molecule has 0 amide bonds. The van der Waals surface area contributed by atoms with E-state index in [0.29, 0.717) is 0 Å². The lowest BCUT2D eigenvalue weighted by molar-refractivity contribution is 0.561. The molecule has 0 aromatic carbocycles. The number of hydrogen-bond acceptors (Lipinski definition) is 4. The highest BCUT2D eigenvalue weighted by atomic mass is 35.5. The molecule has 5 heteroatoms. The van der Waals surface area contributed by atoms with Crippen LogP contribution in [-0.4, -0.2) is 0 Å². The number of hydrazine groups is 1. The van der Waals surface area contributed by atoms with Crippen molar-refractivity contribution >= 4 is 34.3 Å². The van der Waals surface area contributed by atoms with Gasteiger partial charge in [0.1, 0.15) is 0 Å². The maximum atomic E-state index is 6.07. The van der Waals surface area contributed by atoms with Crippen molar-refractivity contribution in [2.45, 2.75) is 12.5 Å². The van der Waals surface area contributed by atoms with Crippen molar-refractivity contribution in [1.29, 1.82) is 0 Å². The molecular formula is C10H11ClN2S2. The van der Waals surface area contributed by atoms with Gasteiger partial charge in [-0.1, -0.05) is 11.6 Å². The summed E-state index contributed by atoms with van der Waals surface area (Å²) in [5, 5.41) is 6.97. The lowest BCUT2D eigenvalue weighted by Gasteiger charge is -2.13. The maximum absolute atomic E-state index is 6.07. The molecule has 2 rings (SSSR count). The summed E-state index contributed by atoms with van der Waals surface area (Å²) in [5.74, 6) is 5.55. The van der Waals surface area contributed by atoms with Gasteiger partial charge in [0.25, 0.3) is 0 Å². The third-order valence-corrected chi connectivity index (χ3v) is 4.39. The van der Waals surface area contributed by atoms with Gasteiger partial charge in [0.05, 0.1) is 11.1 Å². The van der Waals surface area contributed by atoms with E-state index in [1.165, 1.54) is 5.56 Å². The smallest absolute Gasteiger partial charge is 0.0608 e. The molecule has 3 N–H and O–H groups in total. The van der Waals surface area contributed by atoms with Gasteiger partial charge in [-0.05, 0) is 40.3 Å². The molecule has 2 aromatic rings. The summed E-state index contributed by atoms with van der Waals surface area (Å²) < 4.78 is 0. The first kappa shape index (κ1) is 11.1. The van der Waals surface area contributed by atoms with Crippen LogP contribution < -0.4 is 11.3 Å². The number of nitrogens with one attached hydrogen (secondary N) is 1. The van der Waals surface area contributed by atoms with Gasteiger partial charge in [-0.15, -0.1) is 11.3 Å². The van der Waals surface area contributed by atoms with Crippen molar-refractivity contribution in [3.8, 4) is 0 Å². The molecule has 15 heavy (non-hydrogen) atoms. The second kappa shape index (κ2) is 5.09. The van der Waals surface area contributed by atoms with Gasteiger partial charge >= 0.3 is 0 Å². The van der Waals surface area contributed by atoms with Gasteiger partial charge in [-0.2, -0.15) is 11.3 Å². The van der Waals surface area contributed by atoms with E-state index < -0.39 is 0 Å². The summed E-state index contributed by atoms with van der Waals surface area (Å²) in [5.41, 5.74) is 4.10. The highest BCUT2D eigenvalue weighted by molar-refractivity contribution is 7.10. The van der Waals surface area contributed by atoms with Crippen molar-refractivity contribution in [2.24, 2.45) is 5.84 Å². The van der Waals surface area contributed by atoms with Crippen molar-refractivity contribution in [3.63, 3.8) is 0 Å². The summed E-state index contributed by atoms with van der Waals surface area (Å²) in [6.07, 6.45) is 0.875. The minimum Gasteiger partial charge on any atom is -0.271 e. The van der Waals surface area contributed by atoms with Gasteiger partial charge in [-0.25, -0.2) is 0 Å². The Balaban J connectivity index is 2.15. The van der Waals surface area contributed by atoms with Gasteiger partial charge < -0.3 is 0 Å². The van der Waals surface area contributed by atoms with E-state index in [1.807, 2.05) is 11.4 Å². The molecule has 0 bridgehead atoms. The Bertz CT molecular complexity index is 411. The largest absolute Gasteiger partial charge is 0.271 e. The molecule has 2 aromatic heterocycles. The van der Waals surface area contributed by atoms with Crippen LogP contribution in [0.2, 0.25) is 5.02 Å². The minimum atomic E-state index is 0.104. The quantitative estimate of drug-likeness (QED) is 0.653. The Kier molecular flexibility index (Phi) is 3.77. The summed E-state index contributed by atoms with van der Waals surface area (Å²) in [7, 11) is 0. The molecule has 0 radical (unpaired) electrons. The maximum Gasteiger partial charge on any atom is 0.0608 e. The summed E-state index contributed by atoms with van der Waals surface area (Å²) in [6, 6.07) is 4.11. The van der Waals surface area contributed by atoms with Crippen LogP contribution in [0.5, 0.6) is 0 Å². The van der Waals surface area contributed by atoms with Crippen LogP contribution in [0, 0.1) is 0 Å². The van der Waals surface area contributed by atoms with Crippen LogP contribution in [0.25, 0.3) is 0 Å². The lowest BCUT2D eigenvalue weighted by atomic mass is 10.1. The second-order valence-corrected chi connectivity index (χ2v) is 5.32. The van der Waals surface area contributed by atoms with E-state index in [9.17, 15) is 0 Å². The zero-order valence-electron chi connectivity index (χ0n) is 7.94. The van der Waals surface area contributed by atoms with Crippen molar-refractivity contribution < 1.29 is 0 Å². The molecule has 0 fully saturated rings. The number of hydrogen-bond donors (Lipinski definition) is 2. The molecule has 1 atom stereocenters. The van der Waals surface area contributed by atoms with Crippen LogP contribution in [0.15, 0.2) is 28.3 Å². The highest BCUT2D eigenvalue weighted by Crippen LogP contribution is 2.30. The third kappa shape index (κ3) is 2.59. The Hall–Kier alpha value is -0.390. The molecular weight excluding hydrogens is 248 g/mol. The standard InChI is InChI=1S/C10H11ClN2S2/c11-8-2-4-15-10(8)9(13-12)5-7-1-3-14-6-7/h1-4,6,9,13H,5,12H2. The molecule has 0 aliphatic carbocycles. The molecule has 0 spiro atoms. The van der Waals surface area contributed by atoms with Crippen LogP contribution in [-0.2, 0) is 6.42 Å². The molecule has 80 valence electrons. The van der Waals surface area contributed by atoms with E-state index >= 15 is 0 Å². The van der Waals surface area contributed by atoms with E-state index in [2.05, 4.69) is 22.3 Å². The van der Waals surface area contributed by atoms with E-state index in [-0.39, 0.29) is 6.04 Å². The van der Waals surface area contributed by atoms with Crippen LogP contribution in [0.3, 0.4) is 0 Å². The summed E-state index contributed by atoms with van der Waals surface area (Å²) >= 11 is 9.40. The predicted molar refractivity (Wildman–Crippen MR) is 67.4 cm³/mol. The molecule has 1 unspecified atom stereocenters. The normalized spacial score (nSPS) is 12.9. The predicted octanol–water partition coefficient (Wildman–Crippen LogP) is 3.21. The Morgan fingerprint density at radius 1 is 1.40 bits per heavy atom. The summed E-state index contributed by atoms with van der Waals surface area (Å²) in [4.78, 5) is 1.10. The average molecular weight is 259 g/mol. The molecule has 0 saturated heterocycles. The van der Waals surface area contributed by atoms with Crippen molar-refractivity contribution in [2.75, 3.05) is 0 Å². The Morgan fingerprint density at radius 3 is 2.80 bits per heavy atom. The lowest BCUT2D eigenvalue weighted by Crippen LogP contribution is -2.29. The first-order valence-corrected chi connectivity index (χ1v) is 6.71. The SMILES string of the molecule is NNC(Cc1ccsc1)c1sccc1Cl. The molecule has 0 saturated carbocycles. The van der Waals surface area contributed by atoms with E-state index in [0.717, 1.165) is 16.3 Å². The Labute approximate surface area is 102 Å². The van der Waals surface area contributed by atoms with Gasteiger partial charge in [0.15, 0.2) is 0 Å². The fraction of sp³-hybridized carbons (Fsp3) is 0.200. The number of nitrogens with two attached hydrogens (primary N) is 1. The summed E-state index contributed by atoms with van der Waals surface area (Å²) in [6.45, 7) is 0. The van der Waals surface area contributed by atoms with E-state index in [4.69, 9.17) is 17.4 Å². The minimum absolute atomic E-state index is 0.104. The number of thiophene rings is 2. The van der Waals surface area contributed by atoms with Gasteiger partial charge in [-0.3, -0.25) is 11.3 Å². The second-order valence-electron chi connectivity index (χ2n) is 3.19. The molecule has 2 nitrogen and oxygen atoms in total. The highest BCUT2D eigenvalue weighted by Gasteiger charge is 2.15. The van der Waals surface area contributed by atoms with Crippen LogP contribution >= 0.6 is 34.3 Å². The first-order chi connectivity index (χ1) is 7.31. The number of halogens is 1. The monoisotopic (exact) mass is 258 g/mol. The first-order valence-electron chi connectivity index (χ1n) is 4.51. The molecule has 0 aliphatic rings. The third-order valence-electron chi connectivity index (χ3n) is 2.18. The van der Waals surface area contributed by atoms with E-state index in [1.54, 1.807) is 22.7 Å². The Morgan fingerprint density at radius 2 is 2.27 bits per heavy atom. The zero-order chi connectivity index (χ0) is 10.7. The van der Waals surface area contributed by atoms with Gasteiger partial charge in [0, 0.05) is 4.88 Å². The topological polar surface area (TPSA) is 38.0 Å². The van der Waals surface area contributed by atoms with Crippen LogP contribution in [0.4, 0.5) is 0 Å². The fourth-order valence-electron chi connectivity index (χ4n) is 1.43. The van der Waals surface area contributed by atoms with Crippen molar-refractivity contribution in [3.05, 3.63) is 43.7 Å². The molecule has 0 aliphatic heterocycles.